The molecule has 0 aromatic rings. The van der Waals surface area contributed by atoms with Crippen molar-refractivity contribution in [1.29, 1.82) is 0 Å². The molecular weight excluding hydrogens is 143 g/mol. The molecule has 0 aliphatic heterocycles. The van der Waals surface area contributed by atoms with Gasteiger partial charge in [-0.05, 0) is 14.0 Å². The maximum atomic E-state index is 11.8. The Kier molecular flexibility index (Phi) is 3.15. The van der Waals surface area contributed by atoms with E-state index in [-0.39, 0.29) is 0 Å². The lowest BCUT2D eigenvalue weighted by molar-refractivity contribution is -0.175. The first-order valence-electron chi connectivity index (χ1n) is 3.13. The van der Waals surface area contributed by atoms with E-state index >= 15 is 0 Å². The molecule has 0 aromatic carbocycles. The summed E-state index contributed by atoms with van der Waals surface area (Å²) >= 11 is 0. The van der Waals surface area contributed by atoms with E-state index in [9.17, 15) is 13.2 Å². The molecule has 0 rings (SSSR count). The molecule has 0 aliphatic rings. The maximum absolute atomic E-state index is 11.8. The molecule has 10 heavy (non-hydrogen) atoms. The monoisotopic (exact) mass is 155 g/mol. The summed E-state index contributed by atoms with van der Waals surface area (Å²) in [6, 6.07) is -0.514. The standard InChI is InChI=1S/C6H12F3N/c1-4(5(2)10-3)6(7,8)9/h4-5,10H,1-3H3. The molecule has 62 valence electrons. The number of alkyl halides is 3. The van der Waals surface area contributed by atoms with Crippen LogP contribution in [0.5, 0.6) is 0 Å². The molecule has 0 aromatic heterocycles. The van der Waals surface area contributed by atoms with Gasteiger partial charge in [0.15, 0.2) is 0 Å². The van der Waals surface area contributed by atoms with Crippen LogP contribution in [0.4, 0.5) is 13.2 Å². The molecule has 0 saturated carbocycles. The van der Waals surface area contributed by atoms with Gasteiger partial charge in [-0.1, -0.05) is 6.92 Å². The zero-order valence-corrected chi connectivity index (χ0v) is 6.29. The molecule has 4 heteroatoms. The number of hydrogen-bond donors (Lipinski definition) is 1. The van der Waals surface area contributed by atoms with Gasteiger partial charge in [0.1, 0.15) is 0 Å². The summed E-state index contributed by atoms with van der Waals surface area (Å²) in [7, 11) is 1.52. The van der Waals surface area contributed by atoms with Gasteiger partial charge in [-0.2, -0.15) is 13.2 Å². The summed E-state index contributed by atoms with van der Waals surface area (Å²) in [4.78, 5) is 0. The van der Waals surface area contributed by atoms with Crippen molar-refractivity contribution in [3.8, 4) is 0 Å². The quantitative estimate of drug-likeness (QED) is 0.641. The van der Waals surface area contributed by atoms with Crippen LogP contribution in [0.15, 0.2) is 0 Å². The van der Waals surface area contributed by atoms with E-state index in [4.69, 9.17) is 0 Å². The van der Waals surface area contributed by atoms with Crippen molar-refractivity contribution >= 4 is 0 Å². The van der Waals surface area contributed by atoms with Crippen LogP contribution < -0.4 is 5.32 Å². The third-order valence-electron chi connectivity index (χ3n) is 1.72. The van der Waals surface area contributed by atoms with Gasteiger partial charge in [-0.3, -0.25) is 0 Å². The molecule has 2 atom stereocenters. The van der Waals surface area contributed by atoms with Crippen LogP contribution in [-0.2, 0) is 0 Å². The fraction of sp³-hybridized carbons (Fsp3) is 1.00. The summed E-state index contributed by atoms with van der Waals surface area (Å²) < 4.78 is 35.5. The highest BCUT2D eigenvalue weighted by molar-refractivity contribution is 4.72. The second kappa shape index (κ2) is 3.23. The van der Waals surface area contributed by atoms with Crippen molar-refractivity contribution < 1.29 is 13.2 Å². The molecule has 0 radical (unpaired) electrons. The number of hydrogen-bond acceptors (Lipinski definition) is 1. The molecule has 2 unspecified atom stereocenters. The summed E-state index contributed by atoms with van der Waals surface area (Å²) in [5.74, 6) is -1.28. The third-order valence-corrected chi connectivity index (χ3v) is 1.72. The molecule has 0 aliphatic carbocycles. The molecule has 0 saturated heterocycles. The molecule has 0 spiro atoms. The zero-order chi connectivity index (χ0) is 8.36. The van der Waals surface area contributed by atoms with Gasteiger partial charge in [0.2, 0.25) is 0 Å². The van der Waals surface area contributed by atoms with E-state index in [1.807, 2.05) is 0 Å². The van der Waals surface area contributed by atoms with Crippen molar-refractivity contribution in [3.05, 3.63) is 0 Å². The molecule has 0 fully saturated rings. The Hall–Kier alpha value is -0.250. The second-order valence-electron chi connectivity index (χ2n) is 2.41. The fourth-order valence-corrected chi connectivity index (χ4v) is 0.533. The summed E-state index contributed by atoms with van der Waals surface area (Å²) in [5.41, 5.74) is 0. The number of nitrogens with one attached hydrogen (secondary N) is 1. The van der Waals surface area contributed by atoms with E-state index < -0.39 is 18.1 Å². The minimum Gasteiger partial charge on any atom is -0.317 e. The Labute approximate surface area is 58.6 Å². The van der Waals surface area contributed by atoms with Crippen LogP contribution in [0.1, 0.15) is 13.8 Å². The van der Waals surface area contributed by atoms with Gasteiger partial charge >= 0.3 is 6.18 Å². The lowest BCUT2D eigenvalue weighted by Crippen LogP contribution is -2.37. The van der Waals surface area contributed by atoms with Crippen molar-refractivity contribution in [1.82, 2.24) is 5.32 Å². The number of halogens is 3. The third kappa shape index (κ3) is 2.56. The van der Waals surface area contributed by atoms with Crippen molar-refractivity contribution in [2.75, 3.05) is 7.05 Å². The average Bonchev–Trinajstić information content (AvgIpc) is 1.83. The highest BCUT2D eigenvalue weighted by atomic mass is 19.4. The Morgan fingerprint density at radius 2 is 1.60 bits per heavy atom. The summed E-state index contributed by atoms with van der Waals surface area (Å²) in [6.45, 7) is 2.68. The van der Waals surface area contributed by atoms with Gasteiger partial charge in [0.05, 0.1) is 5.92 Å². The highest BCUT2D eigenvalue weighted by Gasteiger charge is 2.38. The smallest absolute Gasteiger partial charge is 0.317 e. The van der Waals surface area contributed by atoms with E-state index in [0.29, 0.717) is 0 Å². The van der Waals surface area contributed by atoms with Crippen molar-refractivity contribution in [3.63, 3.8) is 0 Å². The van der Waals surface area contributed by atoms with Crippen LogP contribution in [0, 0.1) is 5.92 Å². The van der Waals surface area contributed by atoms with Gasteiger partial charge in [0, 0.05) is 6.04 Å². The predicted molar refractivity (Wildman–Crippen MR) is 33.7 cm³/mol. The normalized spacial score (nSPS) is 18.6. The minimum absolute atomic E-state index is 0.514. The van der Waals surface area contributed by atoms with E-state index in [1.165, 1.54) is 20.9 Å². The maximum Gasteiger partial charge on any atom is 0.393 e. The van der Waals surface area contributed by atoms with Gasteiger partial charge < -0.3 is 5.32 Å². The molecular formula is C6H12F3N. The predicted octanol–water partition coefficient (Wildman–Crippen LogP) is 1.79. The molecule has 0 bridgehead atoms. The Morgan fingerprint density at radius 3 is 1.70 bits per heavy atom. The van der Waals surface area contributed by atoms with E-state index in [2.05, 4.69) is 5.32 Å². The molecule has 1 nitrogen and oxygen atoms in total. The lowest BCUT2D eigenvalue weighted by atomic mass is 10.0. The topological polar surface area (TPSA) is 12.0 Å². The molecule has 0 amide bonds. The highest BCUT2D eigenvalue weighted by Crippen LogP contribution is 2.27. The van der Waals surface area contributed by atoms with Crippen LogP contribution in [-0.4, -0.2) is 19.3 Å². The molecule has 1 N–H and O–H groups in total. The van der Waals surface area contributed by atoms with Gasteiger partial charge in [-0.15, -0.1) is 0 Å². The van der Waals surface area contributed by atoms with Crippen LogP contribution >= 0.6 is 0 Å². The van der Waals surface area contributed by atoms with Crippen molar-refractivity contribution in [2.45, 2.75) is 26.1 Å². The van der Waals surface area contributed by atoms with Crippen LogP contribution in [0.2, 0.25) is 0 Å². The Bertz CT molecular complexity index is 99.7. The second-order valence-corrected chi connectivity index (χ2v) is 2.41. The summed E-state index contributed by atoms with van der Waals surface area (Å²) in [5, 5.41) is 2.55. The first-order valence-corrected chi connectivity index (χ1v) is 3.13. The zero-order valence-electron chi connectivity index (χ0n) is 6.29. The fourth-order valence-electron chi connectivity index (χ4n) is 0.533. The van der Waals surface area contributed by atoms with Crippen LogP contribution in [0.3, 0.4) is 0 Å². The Balaban J connectivity index is 3.94. The minimum atomic E-state index is -4.08. The van der Waals surface area contributed by atoms with Gasteiger partial charge in [0.25, 0.3) is 0 Å². The van der Waals surface area contributed by atoms with E-state index in [0.717, 1.165) is 0 Å². The SMILES string of the molecule is CNC(C)C(C)C(F)(F)F. The average molecular weight is 155 g/mol. The first kappa shape index (κ1) is 9.75. The first-order chi connectivity index (χ1) is 4.39. The van der Waals surface area contributed by atoms with Crippen molar-refractivity contribution in [2.24, 2.45) is 5.92 Å². The van der Waals surface area contributed by atoms with E-state index in [1.54, 1.807) is 0 Å². The largest absolute Gasteiger partial charge is 0.393 e. The summed E-state index contributed by atoms with van der Waals surface area (Å²) in [6.07, 6.45) is -4.08. The molecule has 0 heterocycles. The number of rotatable bonds is 2. The van der Waals surface area contributed by atoms with Crippen LogP contribution in [0.25, 0.3) is 0 Å². The lowest BCUT2D eigenvalue weighted by Gasteiger charge is -2.21. The van der Waals surface area contributed by atoms with Gasteiger partial charge in [-0.25, -0.2) is 0 Å². The Morgan fingerprint density at radius 1 is 1.20 bits per heavy atom.